The zero-order chi connectivity index (χ0) is 22.2. The summed E-state index contributed by atoms with van der Waals surface area (Å²) in [4.78, 5) is 2.36. The van der Waals surface area contributed by atoms with Crippen molar-refractivity contribution in [2.45, 2.75) is 19.5 Å². The second kappa shape index (κ2) is 11.1. The fraction of sp³-hybridized carbons (Fsp3) is 0.280. The lowest BCUT2D eigenvalue weighted by Crippen LogP contribution is -2.25. The first-order valence-electron chi connectivity index (χ1n) is 10.1. The van der Waals surface area contributed by atoms with Crippen LogP contribution in [0.2, 0.25) is 0 Å². The molecule has 0 saturated carbocycles. The number of aromatic hydroxyl groups is 1. The van der Waals surface area contributed by atoms with Crippen LogP contribution in [0.5, 0.6) is 23.0 Å². The molecule has 0 fully saturated rings. The third kappa shape index (κ3) is 6.39. The molecule has 1 N–H and O–H groups in total. The molecule has 0 amide bonds. The first-order chi connectivity index (χ1) is 15.0. The maximum absolute atomic E-state index is 10.2. The van der Waals surface area contributed by atoms with Gasteiger partial charge in [-0.2, -0.15) is 0 Å². The molecule has 3 aromatic carbocycles. The molecule has 0 aliphatic rings. The van der Waals surface area contributed by atoms with Gasteiger partial charge in [0.15, 0.2) is 23.0 Å². The molecule has 0 heterocycles. The Morgan fingerprint density at radius 3 is 1.94 bits per heavy atom. The maximum atomic E-state index is 10.2. The minimum absolute atomic E-state index is 0.156. The summed E-state index contributed by atoms with van der Waals surface area (Å²) in [5, 5.41) is 10.2. The lowest BCUT2D eigenvalue weighted by atomic mass is 10.1. The van der Waals surface area contributed by atoms with Crippen LogP contribution in [0.1, 0.15) is 16.7 Å². The molecule has 164 valence electrons. The van der Waals surface area contributed by atoms with E-state index in [-0.39, 0.29) is 5.75 Å². The molecule has 3 rings (SSSR count). The van der Waals surface area contributed by atoms with E-state index in [1.165, 1.54) is 11.1 Å². The highest BCUT2D eigenvalue weighted by molar-refractivity contribution is 9.10. The van der Waals surface area contributed by atoms with Crippen molar-refractivity contribution < 1.29 is 19.3 Å². The van der Waals surface area contributed by atoms with Gasteiger partial charge in [0.05, 0.1) is 21.3 Å². The van der Waals surface area contributed by atoms with E-state index in [0.717, 1.165) is 41.0 Å². The topological polar surface area (TPSA) is 51.2 Å². The van der Waals surface area contributed by atoms with Gasteiger partial charge in [0.2, 0.25) is 0 Å². The largest absolute Gasteiger partial charge is 0.504 e. The number of hydrogen-bond acceptors (Lipinski definition) is 5. The molecule has 0 aliphatic carbocycles. The van der Waals surface area contributed by atoms with Crippen LogP contribution in [-0.2, 0) is 19.5 Å². The van der Waals surface area contributed by atoms with Crippen molar-refractivity contribution in [3.8, 4) is 23.0 Å². The van der Waals surface area contributed by atoms with Gasteiger partial charge in [0, 0.05) is 24.1 Å². The fourth-order valence-corrected chi connectivity index (χ4v) is 3.74. The van der Waals surface area contributed by atoms with Crippen molar-refractivity contribution in [3.05, 3.63) is 81.8 Å². The third-order valence-electron chi connectivity index (χ3n) is 5.13. The van der Waals surface area contributed by atoms with E-state index in [2.05, 4.69) is 51.2 Å². The lowest BCUT2D eigenvalue weighted by molar-refractivity contribution is 0.259. The van der Waals surface area contributed by atoms with E-state index in [0.29, 0.717) is 12.3 Å². The highest BCUT2D eigenvalue weighted by atomic mass is 79.9. The molecule has 0 aromatic heterocycles. The van der Waals surface area contributed by atoms with E-state index < -0.39 is 0 Å². The van der Waals surface area contributed by atoms with Crippen LogP contribution in [0.3, 0.4) is 0 Å². The number of methoxy groups -OCH3 is 3. The molecule has 31 heavy (non-hydrogen) atoms. The van der Waals surface area contributed by atoms with Gasteiger partial charge in [-0.15, -0.1) is 0 Å². The predicted molar refractivity (Wildman–Crippen MR) is 126 cm³/mol. The molecule has 6 heteroatoms. The number of phenols is 1. The Hall–Kier alpha value is -2.70. The van der Waals surface area contributed by atoms with Crippen LogP contribution in [0.15, 0.2) is 65.1 Å². The van der Waals surface area contributed by atoms with Crippen LogP contribution < -0.4 is 14.2 Å². The summed E-state index contributed by atoms with van der Waals surface area (Å²) in [6.07, 6.45) is 0.860. The molecule has 0 bridgehead atoms. The minimum Gasteiger partial charge on any atom is -0.504 e. The zero-order valence-corrected chi connectivity index (χ0v) is 19.7. The third-order valence-corrected chi connectivity index (χ3v) is 5.66. The summed E-state index contributed by atoms with van der Waals surface area (Å²) < 4.78 is 17.0. The summed E-state index contributed by atoms with van der Waals surface area (Å²) in [5.41, 5.74) is 3.44. The second-order valence-electron chi connectivity index (χ2n) is 7.28. The Morgan fingerprint density at radius 1 is 0.710 bits per heavy atom. The first-order valence-corrected chi connectivity index (χ1v) is 10.8. The average Bonchev–Trinajstić information content (AvgIpc) is 2.78. The number of benzene rings is 3. The standard InChI is InChI=1S/C25H28BrNO4/c1-29-23-10-7-20(14-22(23)28)17-27(16-19-4-8-21(26)9-5-19)13-12-18-6-11-24(30-2)25(15-18)31-3/h4-11,14-15,28H,12-13,16-17H2,1-3H3. The van der Waals surface area contributed by atoms with Crippen molar-refractivity contribution in [2.24, 2.45) is 0 Å². The van der Waals surface area contributed by atoms with Gasteiger partial charge in [-0.05, 0) is 59.5 Å². The van der Waals surface area contributed by atoms with Crippen LogP contribution >= 0.6 is 15.9 Å². The molecular formula is C25H28BrNO4. The minimum atomic E-state index is 0.156. The van der Waals surface area contributed by atoms with Crippen LogP contribution in [-0.4, -0.2) is 37.9 Å². The fourth-order valence-electron chi connectivity index (χ4n) is 3.48. The van der Waals surface area contributed by atoms with Gasteiger partial charge in [-0.1, -0.05) is 40.2 Å². The van der Waals surface area contributed by atoms with E-state index in [1.807, 2.05) is 18.2 Å². The molecule has 0 radical (unpaired) electrons. The smallest absolute Gasteiger partial charge is 0.160 e. The van der Waals surface area contributed by atoms with Crippen molar-refractivity contribution >= 4 is 15.9 Å². The van der Waals surface area contributed by atoms with E-state index >= 15 is 0 Å². The van der Waals surface area contributed by atoms with Gasteiger partial charge in [0.25, 0.3) is 0 Å². The first kappa shape index (κ1) is 23.0. The maximum Gasteiger partial charge on any atom is 0.160 e. The van der Waals surface area contributed by atoms with E-state index in [9.17, 15) is 5.11 Å². The van der Waals surface area contributed by atoms with Crippen molar-refractivity contribution in [3.63, 3.8) is 0 Å². The summed E-state index contributed by atoms with van der Waals surface area (Å²) in [6.45, 7) is 2.35. The quantitative estimate of drug-likeness (QED) is 0.415. The number of halogens is 1. The molecule has 3 aromatic rings. The van der Waals surface area contributed by atoms with Gasteiger partial charge in [-0.25, -0.2) is 0 Å². The van der Waals surface area contributed by atoms with Gasteiger partial charge < -0.3 is 19.3 Å². The van der Waals surface area contributed by atoms with Gasteiger partial charge >= 0.3 is 0 Å². The average molecular weight is 486 g/mol. The number of ether oxygens (including phenoxy) is 3. The normalized spacial score (nSPS) is 10.9. The van der Waals surface area contributed by atoms with Gasteiger partial charge in [-0.3, -0.25) is 4.90 Å². The molecule has 0 spiro atoms. The summed E-state index contributed by atoms with van der Waals surface area (Å²) in [6, 6.07) is 20.0. The molecular weight excluding hydrogens is 458 g/mol. The Morgan fingerprint density at radius 2 is 1.29 bits per heavy atom. The zero-order valence-electron chi connectivity index (χ0n) is 18.1. The van der Waals surface area contributed by atoms with Crippen LogP contribution in [0.25, 0.3) is 0 Å². The number of hydrogen-bond donors (Lipinski definition) is 1. The van der Waals surface area contributed by atoms with Gasteiger partial charge in [0.1, 0.15) is 0 Å². The predicted octanol–water partition coefficient (Wildman–Crippen LogP) is 5.43. The van der Waals surface area contributed by atoms with Crippen LogP contribution in [0.4, 0.5) is 0 Å². The van der Waals surface area contributed by atoms with E-state index in [4.69, 9.17) is 14.2 Å². The SMILES string of the molecule is COc1ccc(CN(CCc2ccc(OC)c(OC)c2)Cc2ccc(Br)cc2)cc1O. The molecule has 0 saturated heterocycles. The molecule has 0 atom stereocenters. The molecule has 0 aliphatic heterocycles. The number of phenolic OH excluding ortho intramolecular Hbond substituents is 1. The molecule has 5 nitrogen and oxygen atoms in total. The second-order valence-corrected chi connectivity index (χ2v) is 8.20. The Bertz CT molecular complexity index is 991. The lowest BCUT2D eigenvalue weighted by Gasteiger charge is -2.23. The van der Waals surface area contributed by atoms with Crippen molar-refractivity contribution in [1.29, 1.82) is 0 Å². The number of nitrogens with zero attached hydrogens (tertiary/aromatic N) is 1. The molecule has 0 unspecified atom stereocenters. The number of rotatable bonds is 10. The monoisotopic (exact) mass is 485 g/mol. The highest BCUT2D eigenvalue weighted by Crippen LogP contribution is 2.29. The summed E-state index contributed by atoms with van der Waals surface area (Å²) >= 11 is 3.50. The Balaban J connectivity index is 1.76. The van der Waals surface area contributed by atoms with E-state index in [1.54, 1.807) is 33.5 Å². The Kier molecular flexibility index (Phi) is 8.20. The highest BCUT2D eigenvalue weighted by Gasteiger charge is 2.12. The van der Waals surface area contributed by atoms with Crippen molar-refractivity contribution in [1.82, 2.24) is 4.90 Å². The summed E-state index contributed by atoms with van der Waals surface area (Å²) in [5.74, 6) is 2.10. The summed E-state index contributed by atoms with van der Waals surface area (Å²) in [7, 11) is 4.84. The Labute approximate surface area is 192 Å². The van der Waals surface area contributed by atoms with Crippen molar-refractivity contribution in [2.75, 3.05) is 27.9 Å². The van der Waals surface area contributed by atoms with Crippen LogP contribution in [0, 0.1) is 0 Å².